The third kappa shape index (κ3) is 2.40. The van der Waals surface area contributed by atoms with E-state index in [2.05, 4.69) is 15.3 Å². The molecule has 1 aromatic carbocycles. The van der Waals surface area contributed by atoms with Gasteiger partial charge in [0, 0.05) is 13.1 Å². The fourth-order valence-corrected chi connectivity index (χ4v) is 3.12. The highest BCUT2D eigenvalue weighted by atomic mass is 32.1. The Morgan fingerprint density at radius 3 is 2.95 bits per heavy atom. The van der Waals surface area contributed by atoms with Gasteiger partial charge in [0.05, 0.1) is 27.4 Å². The summed E-state index contributed by atoms with van der Waals surface area (Å²) in [6, 6.07) is 7.95. The van der Waals surface area contributed by atoms with Crippen molar-refractivity contribution in [3.8, 4) is 16.6 Å². The van der Waals surface area contributed by atoms with E-state index in [-0.39, 0.29) is 17.0 Å². The van der Waals surface area contributed by atoms with Crippen LogP contribution in [0.1, 0.15) is 12.5 Å². The van der Waals surface area contributed by atoms with Crippen molar-refractivity contribution < 1.29 is 9.18 Å². The minimum Gasteiger partial charge on any atom is -0.310 e. The number of carbonyl (C=O) groups is 1. The Morgan fingerprint density at radius 1 is 1.41 bits per heavy atom. The summed E-state index contributed by atoms with van der Waals surface area (Å²) < 4.78 is 14.7. The molecular formula is C15H9FN4OS. The molecule has 0 aliphatic rings. The number of benzene rings is 1. The molecule has 1 amide bonds. The number of hydrogen-bond acceptors (Lipinski definition) is 5. The molecule has 0 fully saturated rings. The van der Waals surface area contributed by atoms with Crippen molar-refractivity contribution in [2.75, 3.05) is 5.32 Å². The number of carbonyl (C=O) groups excluding carboxylic acids is 1. The normalized spacial score (nSPS) is 10.4. The first-order valence-corrected chi connectivity index (χ1v) is 7.14. The molecule has 3 rings (SSSR count). The monoisotopic (exact) mass is 312 g/mol. The van der Waals surface area contributed by atoms with Crippen molar-refractivity contribution >= 4 is 33.3 Å². The number of nitrogens with zero attached hydrogens (tertiary/aromatic N) is 3. The van der Waals surface area contributed by atoms with Gasteiger partial charge in [-0.15, -0.1) is 11.3 Å². The zero-order chi connectivity index (χ0) is 15.7. The average molecular weight is 312 g/mol. The third-order valence-electron chi connectivity index (χ3n) is 2.95. The topological polar surface area (TPSA) is 78.7 Å². The second kappa shape index (κ2) is 5.50. The lowest BCUT2D eigenvalue weighted by molar-refractivity contribution is -0.114. The maximum atomic E-state index is 14.1. The van der Waals surface area contributed by atoms with Gasteiger partial charge in [0.2, 0.25) is 5.91 Å². The molecule has 1 N–H and O–H groups in total. The molecule has 5 nitrogen and oxygen atoms in total. The van der Waals surface area contributed by atoms with Crippen molar-refractivity contribution in [3.05, 3.63) is 41.8 Å². The number of thiazole rings is 1. The average Bonchev–Trinajstić information content (AvgIpc) is 2.91. The molecule has 0 unspecified atom stereocenters. The number of nitriles is 1. The van der Waals surface area contributed by atoms with Crippen LogP contribution in [0.2, 0.25) is 0 Å². The van der Waals surface area contributed by atoms with Crippen LogP contribution in [-0.4, -0.2) is 15.9 Å². The van der Waals surface area contributed by atoms with Gasteiger partial charge in [-0.3, -0.25) is 4.79 Å². The molecular weight excluding hydrogens is 303 g/mol. The van der Waals surface area contributed by atoms with Gasteiger partial charge in [-0.1, -0.05) is 6.07 Å². The van der Waals surface area contributed by atoms with Gasteiger partial charge in [-0.2, -0.15) is 5.26 Å². The number of halogens is 1. The molecule has 3 aromatic rings. The van der Waals surface area contributed by atoms with Crippen LogP contribution in [0.4, 0.5) is 10.2 Å². The molecule has 7 heteroatoms. The first-order chi connectivity index (χ1) is 10.6. The fourth-order valence-electron chi connectivity index (χ4n) is 2.05. The molecule has 2 heterocycles. The van der Waals surface area contributed by atoms with E-state index in [4.69, 9.17) is 5.26 Å². The molecule has 0 saturated carbocycles. The summed E-state index contributed by atoms with van der Waals surface area (Å²) in [5.41, 5.74) is 0.971. The molecule has 0 spiro atoms. The smallest absolute Gasteiger partial charge is 0.222 e. The number of fused-ring (bicyclic) bond motifs is 1. The predicted molar refractivity (Wildman–Crippen MR) is 81.8 cm³/mol. The van der Waals surface area contributed by atoms with Crippen LogP contribution in [0.15, 0.2) is 30.5 Å². The minimum atomic E-state index is -0.507. The number of nitrogens with one attached hydrogen (secondary N) is 1. The molecule has 0 saturated heterocycles. The molecule has 22 heavy (non-hydrogen) atoms. The van der Waals surface area contributed by atoms with Crippen LogP contribution < -0.4 is 5.32 Å². The van der Waals surface area contributed by atoms with Crippen molar-refractivity contribution in [2.24, 2.45) is 0 Å². The van der Waals surface area contributed by atoms with Crippen LogP contribution >= 0.6 is 11.3 Å². The van der Waals surface area contributed by atoms with Crippen LogP contribution in [0.5, 0.6) is 0 Å². The Balaban J connectivity index is 2.23. The Hall–Kier alpha value is -2.85. The zero-order valence-corrected chi connectivity index (χ0v) is 12.2. The van der Waals surface area contributed by atoms with E-state index in [1.165, 1.54) is 42.7 Å². The van der Waals surface area contributed by atoms with E-state index in [0.717, 1.165) is 0 Å². The molecule has 0 radical (unpaired) electrons. The van der Waals surface area contributed by atoms with Gasteiger partial charge in [-0.25, -0.2) is 14.4 Å². The fraction of sp³-hybridized carbons (Fsp3) is 0.0667. The van der Waals surface area contributed by atoms with Gasteiger partial charge in [0.25, 0.3) is 0 Å². The first kappa shape index (κ1) is 14.1. The van der Waals surface area contributed by atoms with E-state index in [1.54, 1.807) is 6.07 Å². The highest BCUT2D eigenvalue weighted by molar-refractivity contribution is 7.22. The Kier molecular flexibility index (Phi) is 3.53. The lowest BCUT2D eigenvalue weighted by atomic mass is 10.1. The molecule has 2 aromatic heterocycles. The molecule has 0 atom stereocenters. The number of pyridine rings is 1. The van der Waals surface area contributed by atoms with Crippen molar-refractivity contribution in [2.45, 2.75) is 6.92 Å². The van der Waals surface area contributed by atoms with Crippen molar-refractivity contribution in [1.82, 2.24) is 9.97 Å². The summed E-state index contributed by atoms with van der Waals surface area (Å²) in [5.74, 6) is -0.380. The lowest BCUT2D eigenvalue weighted by Crippen LogP contribution is -2.07. The largest absolute Gasteiger partial charge is 0.310 e. The Morgan fingerprint density at radius 2 is 2.23 bits per heavy atom. The maximum absolute atomic E-state index is 14.1. The van der Waals surface area contributed by atoms with Gasteiger partial charge < -0.3 is 5.32 Å². The number of rotatable bonds is 2. The summed E-state index contributed by atoms with van der Waals surface area (Å²) >= 11 is 1.18. The molecule has 0 aliphatic heterocycles. The Bertz CT molecular complexity index is 929. The van der Waals surface area contributed by atoms with Gasteiger partial charge in [0.1, 0.15) is 10.8 Å². The molecule has 0 aliphatic carbocycles. The summed E-state index contributed by atoms with van der Waals surface area (Å²) in [7, 11) is 0. The molecule has 0 bridgehead atoms. The summed E-state index contributed by atoms with van der Waals surface area (Å²) in [6.07, 6.45) is 1.52. The number of amides is 1. The maximum Gasteiger partial charge on any atom is 0.222 e. The summed E-state index contributed by atoms with van der Waals surface area (Å²) in [5, 5.41) is 12.1. The van der Waals surface area contributed by atoms with E-state index in [1.807, 2.05) is 6.07 Å². The predicted octanol–water partition coefficient (Wildman–Crippen LogP) is 3.33. The van der Waals surface area contributed by atoms with Gasteiger partial charge in [0.15, 0.2) is 5.82 Å². The van der Waals surface area contributed by atoms with Crippen molar-refractivity contribution in [3.63, 3.8) is 0 Å². The highest BCUT2D eigenvalue weighted by Crippen LogP contribution is 2.36. The first-order valence-electron chi connectivity index (χ1n) is 6.32. The molecule has 108 valence electrons. The van der Waals surface area contributed by atoms with Crippen LogP contribution in [0, 0.1) is 17.1 Å². The minimum absolute atomic E-state index is 0.167. The van der Waals surface area contributed by atoms with E-state index in [9.17, 15) is 9.18 Å². The van der Waals surface area contributed by atoms with Crippen LogP contribution in [-0.2, 0) is 4.79 Å². The highest BCUT2D eigenvalue weighted by Gasteiger charge is 2.17. The summed E-state index contributed by atoms with van der Waals surface area (Å²) in [6.45, 7) is 1.38. The number of anilines is 1. The lowest BCUT2D eigenvalue weighted by Gasteiger charge is -2.01. The SMILES string of the molecule is CC(=O)Nc1nccc2nc(-c3c(F)cccc3C#N)sc12. The van der Waals surface area contributed by atoms with Crippen LogP contribution in [0.25, 0.3) is 20.8 Å². The third-order valence-corrected chi connectivity index (χ3v) is 4.04. The van der Waals surface area contributed by atoms with E-state index >= 15 is 0 Å². The second-order valence-electron chi connectivity index (χ2n) is 4.48. The van der Waals surface area contributed by atoms with Crippen molar-refractivity contribution in [1.29, 1.82) is 5.26 Å². The Labute approximate surface area is 129 Å². The van der Waals surface area contributed by atoms with E-state index in [0.29, 0.717) is 21.0 Å². The van der Waals surface area contributed by atoms with Crippen LogP contribution in [0.3, 0.4) is 0 Å². The second-order valence-corrected chi connectivity index (χ2v) is 5.48. The van der Waals surface area contributed by atoms with Gasteiger partial charge >= 0.3 is 0 Å². The quantitative estimate of drug-likeness (QED) is 0.787. The van der Waals surface area contributed by atoms with Gasteiger partial charge in [-0.05, 0) is 18.2 Å². The number of aromatic nitrogens is 2. The van der Waals surface area contributed by atoms with E-state index < -0.39 is 5.82 Å². The standard InChI is InChI=1S/C15H9FN4OS/c1-8(21)19-14-13-11(5-6-18-14)20-15(22-13)12-9(7-17)3-2-4-10(12)16/h2-6H,1H3,(H,18,19,21). The zero-order valence-electron chi connectivity index (χ0n) is 11.4. The summed E-state index contributed by atoms with van der Waals surface area (Å²) in [4.78, 5) is 19.7. The number of hydrogen-bond donors (Lipinski definition) is 1.